The number of hydrogen-bond acceptors (Lipinski definition) is 3. The number of rotatable bonds is 3. The molecule has 0 unspecified atom stereocenters. The van der Waals surface area contributed by atoms with Gasteiger partial charge in [-0.1, -0.05) is 6.92 Å². The summed E-state index contributed by atoms with van der Waals surface area (Å²) in [5.74, 6) is -3.20. The number of nitrogens with one attached hydrogen (secondary N) is 1. The molecule has 8 heteroatoms. The van der Waals surface area contributed by atoms with Crippen LogP contribution in [0.5, 0.6) is 0 Å². The number of carbonyl (C=O) groups is 1. The van der Waals surface area contributed by atoms with E-state index < -0.39 is 34.8 Å². The van der Waals surface area contributed by atoms with Crippen LogP contribution in [0.25, 0.3) is 5.69 Å². The zero-order valence-corrected chi connectivity index (χ0v) is 13.8. The number of carbonyl (C=O) groups excluding carboxylic acids is 1. The van der Waals surface area contributed by atoms with E-state index in [4.69, 9.17) is 4.74 Å². The molecule has 0 bridgehead atoms. The number of halogens is 3. The molecule has 0 radical (unpaired) electrons. The fraction of sp³-hybridized carbons (Fsp3) is 0.375. The summed E-state index contributed by atoms with van der Waals surface area (Å²) in [6.07, 6.45) is 0.864. The molecule has 1 aromatic carbocycles. The molecule has 24 heavy (non-hydrogen) atoms. The first kappa shape index (κ1) is 17.8. The molecule has 0 fully saturated rings. The quantitative estimate of drug-likeness (QED) is 0.910. The van der Waals surface area contributed by atoms with Gasteiger partial charge in [0.1, 0.15) is 17.1 Å². The van der Waals surface area contributed by atoms with Crippen molar-refractivity contribution in [2.45, 2.75) is 39.7 Å². The van der Waals surface area contributed by atoms with E-state index in [1.165, 1.54) is 6.20 Å². The molecule has 0 spiro atoms. The molecule has 1 N–H and O–H groups in total. The standard InChI is InChI=1S/C16H18F3N3O2/c1-5-13-12(21-15(23)24-16(2,3)4)8-20-22(13)14-10(18)6-9(17)7-11(14)19/h6-8H,5H2,1-4H3,(H,21,23). The highest BCUT2D eigenvalue weighted by atomic mass is 19.1. The van der Waals surface area contributed by atoms with Crippen molar-refractivity contribution in [3.05, 3.63) is 41.5 Å². The lowest BCUT2D eigenvalue weighted by atomic mass is 10.2. The lowest BCUT2D eigenvalue weighted by molar-refractivity contribution is 0.0636. The average Bonchev–Trinajstić information content (AvgIpc) is 2.77. The van der Waals surface area contributed by atoms with Gasteiger partial charge in [0.05, 0.1) is 17.6 Å². The zero-order valence-electron chi connectivity index (χ0n) is 13.8. The molecule has 0 aliphatic heterocycles. The Kier molecular flexibility index (Phi) is 4.86. The summed E-state index contributed by atoms with van der Waals surface area (Å²) < 4.78 is 47.1. The van der Waals surface area contributed by atoms with Gasteiger partial charge in [-0.05, 0) is 27.2 Å². The molecule has 5 nitrogen and oxygen atoms in total. The zero-order chi connectivity index (χ0) is 18.1. The van der Waals surface area contributed by atoms with Crippen LogP contribution < -0.4 is 5.32 Å². The van der Waals surface area contributed by atoms with Gasteiger partial charge >= 0.3 is 6.09 Å². The summed E-state index contributed by atoms with van der Waals surface area (Å²) in [5.41, 5.74) is -0.590. The topological polar surface area (TPSA) is 56.1 Å². The summed E-state index contributed by atoms with van der Waals surface area (Å²) in [6, 6.07) is 1.14. The number of hydrogen-bond donors (Lipinski definition) is 1. The van der Waals surface area contributed by atoms with Crippen LogP contribution in [0.1, 0.15) is 33.4 Å². The number of amides is 1. The fourth-order valence-electron chi connectivity index (χ4n) is 2.16. The maximum atomic E-state index is 14.0. The van der Waals surface area contributed by atoms with Crippen LogP contribution in [-0.4, -0.2) is 21.5 Å². The Bertz CT molecular complexity index is 743. The molecule has 0 atom stereocenters. The lowest BCUT2D eigenvalue weighted by Gasteiger charge is -2.19. The summed E-state index contributed by atoms with van der Waals surface area (Å²) in [4.78, 5) is 11.9. The van der Waals surface area contributed by atoms with Gasteiger partial charge in [0.15, 0.2) is 11.6 Å². The SMILES string of the molecule is CCc1c(NC(=O)OC(C)(C)C)cnn1-c1c(F)cc(F)cc1F. The molecule has 1 aromatic heterocycles. The van der Waals surface area contributed by atoms with Crippen LogP contribution in [0.4, 0.5) is 23.7 Å². The number of benzene rings is 1. The Labute approximate surface area is 137 Å². The maximum absolute atomic E-state index is 14.0. The van der Waals surface area contributed by atoms with E-state index in [9.17, 15) is 18.0 Å². The van der Waals surface area contributed by atoms with Crippen LogP contribution in [-0.2, 0) is 11.2 Å². The predicted octanol–water partition coefficient (Wildman–Crippen LogP) is 4.20. The number of anilines is 1. The number of nitrogens with zero attached hydrogens (tertiary/aromatic N) is 2. The van der Waals surface area contributed by atoms with Crippen molar-refractivity contribution in [2.75, 3.05) is 5.32 Å². The first-order valence-electron chi connectivity index (χ1n) is 7.34. The molecule has 0 saturated heterocycles. The number of ether oxygens (including phenoxy) is 1. The van der Waals surface area contributed by atoms with E-state index in [0.717, 1.165) is 4.68 Å². The maximum Gasteiger partial charge on any atom is 0.412 e. The van der Waals surface area contributed by atoms with Crippen LogP contribution in [0.2, 0.25) is 0 Å². The Morgan fingerprint density at radius 3 is 2.33 bits per heavy atom. The summed E-state index contributed by atoms with van der Waals surface area (Å²) in [5, 5.41) is 6.40. The highest BCUT2D eigenvalue weighted by molar-refractivity contribution is 5.85. The second-order valence-corrected chi connectivity index (χ2v) is 6.12. The van der Waals surface area contributed by atoms with Crippen molar-refractivity contribution in [3.63, 3.8) is 0 Å². The summed E-state index contributed by atoms with van der Waals surface area (Å²) in [7, 11) is 0. The third-order valence-corrected chi connectivity index (χ3v) is 3.03. The predicted molar refractivity (Wildman–Crippen MR) is 82.7 cm³/mol. The van der Waals surface area contributed by atoms with Gasteiger partial charge in [-0.3, -0.25) is 5.32 Å². The Balaban J connectivity index is 2.39. The van der Waals surface area contributed by atoms with Crippen molar-refractivity contribution in [2.24, 2.45) is 0 Å². The van der Waals surface area contributed by atoms with E-state index in [2.05, 4.69) is 10.4 Å². The molecule has 0 aliphatic carbocycles. The molecular formula is C16H18F3N3O2. The van der Waals surface area contributed by atoms with Crippen molar-refractivity contribution < 1.29 is 22.7 Å². The molecule has 0 aliphatic rings. The molecule has 130 valence electrons. The highest BCUT2D eigenvalue weighted by Crippen LogP contribution is 2.25. The average molecular weight is 341 g/mol. The Morgan fingerprint density at radius 2 is 1.83 bits per heavy atom. The summed E-state index contributed by atoms with van der Waals surface area (Å²) >= 11 is 0. The third kappa shape index (κ3) is 3.87. The van der Waals surface area contributed by atoms with Gasteiger partial charge in [0.25, 0.3) is 0 Å². The molecule has 1 heterocycles. The van der Waals surface area contributed by atoms with Crippen LogP contribution in [0.15, 0.2) is 18.3 Å². The van der Waals surface area contributed by atoms with Crippen molar-refractivity contribution in [3.8, 4) is 5.69 Å². The first-order chi connectivity index (χ1) is 11.1. The monoisotopic (exact) mass is 341 g/mol. The normalized spacial score (nSPS) is 11.5. The Hall–Kier alpha value is -2.51. The van der Waals surface area contributed by atoms with E-state index in [1.807, 2.05) is 0 Å². The van der Waals surface area contributed by atoms with Crippen molar-refractivity contribution >= 4 is 11.8 Å². The third-order valence-electron chi connectivity index (χ3n) is 3.03. The van der Waals surface area contributed by atoms with Crippen molar-refractivity contribution in [1.29, 1.82) is 0 Å². The second kappa shape index (κ2) is 6.54. The minimum atomic E-state index is -1.09. The van der Waals surface area contributed by atoms with Gasteiger partial charge in [-0.15, -0.1) is 0 Å². The molecule has 1 amide bonds. The fourth-order valence-corrected chi connectivity index (χ4v) is 2.16. The molecule has 0 saturated carbocycles. The van der Waals surface area contributed by atoms with Crippen molar-refractivity contribution in [1.82, 2.24) is 9.78 Å². The van der Waals surface area contributed by atoms with Gasteiger partial charge < -0.3 is 4.74 Å². The minimum Gasteiger partial charge on any atom is -0.444 e. The molecule has 2 aromatic rings. The molecular weight excluding hydrogens is 323 g/mol. The minimum absolute atomic E-state index is 0.259. The smallest absolute Gasteiger partial charge is 0.412 e. The van der Waals surface area contributed by atoms with Crippen LogP contribution >= 0.6 is 0 Å². The van der Waals surface area contributed by atoms with Crippen LogP contribution in [0.3, 0.4) is 0 Å². The van der Waals surface area contributed by atoms with E-state index in [1.54, 1.807) is 27.7 Å². The summed E-state index contributed by atoms with van der Waals surface area (Å²) in [6.45, 7) is 6.85. The number of aromatic nitrogens is 2. The second-order valence-electron chi connectivity index (χ2n) is 6.12. The van der Waals surface area contributed by atoms with E-state index in [-0.39, 0.29) is 5.69 Å². The Morgan fingerprint density at radius 1 is 1.25 bits per heavy atom. The van der Waals surface area contributed by atoms with Gasteiger partial charge in [-0.2, -0.15) is 5.10 Å². The lowest BCUT2D eigenvalue weighted by Crippen LogP contribution is -2.27. The molecule has 2 rings (SSSR count). The van der Waals surface area contributed by atoms with Crippen LogP contribution in [0, 0.1) is 17.5 Å². The van der Waals surface area contributed by atoms with Gasteiger partial charge in [0, 0.05) is 12.1 Å². The van der Waals surface area contributed by atoms with E-state index in [0.29, 0.717) is 24.2 Å². The van der Waals surface area contributed by atoms with Gasteiger partial charge in [0.2, 0.25) is 0 Å². The highest BCUT2D eigenvalue weighted by Gasteiger charge is 2.22. The van der Waals surface area contributed by atoms with Gasteiger partial charge in [-0.25, -0.2) is 22.6 Å². The first-order valence-corrected chi connectivity index (χ1v) is 7.34. The van der Waals surface area contributed by atoms with E-state index >= 15 is 0 Å². The largest absolute Gasteiger partial charge is 0.444 e.